The van der Waals surface area contributed by atoms with E-state index in [1.807, 2.05) is 0 Å². The van der Waals surface area contributed by atoms with Gasteiger partial charge in [-0.05, 0) is 57.3 Å². The highest BCUT2D eigenvalue weighted by atomic mass is 15.1. The average molecular weight is 509 g/mol. The minimum atomic E-state index is -0.306. The van der Waals surface area contributed by atoms with Crippen LogP contribution in [-0.4, -0.2) is 14.1 Å². The fraction of sp³-hybridized carbons (Fsp3) is 0.135. The molecule has 1 aliphatic carbocycles. The van der Waals surface area contributed by atoms with Crippen molar-refractivity contribution in [2.75, 3.05) is 23.9 Å². The summed E-state index contributed by atoms with van der Waals surface area (Å²) in [4.78, 5) is 4.30. The monoisotopic (exact) mass is 508 g/mol. The predicted octanol–water partition coefficient (Wildman–Crippen LogP) is 9.60. The van der Waals surface area contributed by atoms with Crippen molar-refractivity contribution in [3.63, 3.8) is 0 Å². The number of allylic oxidation sites excluding steroid dienone is 6. The lowest BCUT2D eigenvalue weighted by Crippen LogP contribution is -2.18. The molecule has 0 spiro atoms. The molecule has 0 saturated heterocycles. The molecule has 0 bridgehead atoms. The fourth-order valence-corrected chi connectivity index (χ4v) is 5.60. The first-order chi connectivity index (χ1) is 18.6. The lowest BCUT2D eigenvalue weighted by molar-refractivity contribution is 0.582. The van der Waals surface area contributed by atoms with Gasteiger partial charge in [-0.1, -0.05) is 113 Å². The van der Waals surface area contributed by atoms with E-state index in [1.165, 1.54) is 21.5 Å². The summed E-state index contributed by atoms with van der Waals surface area (Å²) in [7, 11) is 4.14. The van der Waals surface area contributed by atoms with E-state index in [9.17, 15) is 0 Å². The molecule has 1 saturated carbocycles. The van der Waals surface area contributed by atoms with Crippen molar-refractivity contribution in [3.8, 4) is 0 Å². The Labute approximate surface area is 232 Å². The maximum atomic E-state index is 4.44. The molecule has 4 aromatic carbocycles. The van der Waals surface area contributed by atoms with E-state index in [2.05, 4.69) is 161 Å². The first kappa shape index (κ1) is 26.1. The first-order valence-corrected chi connectivity index (χ1v) is 13.3. The largest absolute Gasteiger partial charge is 0.345 e. The Hall–Kier alpha value is -4.56. The van der Waals surface area contributed by atoms with E-state index >= 15 is 0 Å². The van der Waals surface area contributed by atoms with Crippen molar-refractivity contribution in [1.82, 2.24) is 0 Å². The molecule has 0 N–H and O–H groups in total. The number of nitrogens with zero attached hydrogens (tertiary/aromatic N) is 2. The Morgan fingerprint density at radius 1 is 0.590 bits per heavy atom. The van der Waals surface area contributed by atoms with Crippen molar-refractivity contribution < 1.29 is 0 Å². The Balaban J connectivity index is 1.47. The number of benzene rings is 4. The van der Waals surface area contributed by atoms with Gasteiger partial charge in [0.25, 0.3) is 0 Å². The molecule has 0 heterocycles. The molecule has 0 atom stereocenters. The highest BCUT2D eigenvalue weighted by molar-refractivity contribution is 5.96. The minimum absolute atomic E-state index is 0.306. The van der Waals surface area contributed by atoms with E-state index in [0.29, 0.717) is 0 Å². The first-order valence-electron chi connectivity index (χ1n) is 13.3. The van der Waals surface area contributed by atoms with Crippen LogP contribution in [0.4, 0.5) is 11.4 Å². The van der Waals surface area contributed by atoms with Crippen molar-refractivity contribution in [2.45, 2.75) is 13.8 Å². The molecule has 0 radical (unpaired) electrons. The molecule has 0 aliphatic heterocycles. The van der Waals surface area contributed by atoms with Crippen molar-refractivity contribution >= 4 is 32.9 Å². The van der Waals surface area contributed by atoms with Gasteiger partial charge in [0, 0.05) is 53.1 Å². The zero-order valence-corrected chi connectivity index (χ0v) is 23.5. The molecule has 0 unspecified atom stereocenters. The fourth-order valence-electron chi connectivity index (χ4n) is 5.60. The molecule has 2 nitrogen and oxygen atoms in total. The second-order valence-corrected chi connectivity index (χ2v) is 10.8. The minimum Gasteiger partial charge on any atom is -0.345 e. The van der Waals surface area contributed by atoms with Gasteiger partial charge in [0.1, 0.15) is 0 Å². The van der Waals surface area contributed by atoms with Gasteiger partial charge in [0.2, 0.25) is 0 Å². The second kappa shape index (κ2) is 9.96. The van der Waals surface area contributed by atoms with Crippen LogP contribution in [0.5, 0.6) is 0 Å². The van der Waals surface area contributed by atoms with Gasteiger partial charge in [0.15, 0.2) is 0 Å². The molecular formula is C37H36N2. The lowest BCUT2D eigenvalue weighted by Gasteiger charge is -2.27. The molecular weight excluding hydrogens is 472 g/mol. The van der Waals surface area contributed by atoms with Crippen molar-refractivity contribution in [1.29, 1.82) is 0 Å². The number of fused-ring (bicyclic) bond motifs is 2. The zero-order valence-electron chi connectivity index (χ0n) is 23.5. The van der Waals surface area contributed by atoms with Gasteiger partial charge in [-0.2, -0.15) is 0 Å². The van der Waals surface area contributed by atoms with Crippen LogP contribution < -0.4 is 9.80 Å². The van der Waals surface area contributed by atoms with E-state index in [-0.39, 0.29) is 5.41 Å². The Kier molecular flexibility index (Phi) is 6.66. The highest BCUT2D eigenvalue weighted by Gasteiger charge is 2.39. The van der Waals surface area contributed by atoms with Gasteiger partial charge in [-0.3, -0.25) is 0 Å². The molecule has 4 aromatic rings. The number of likely N-dealkylation sites (N-methyl/N-ethyl adjacent to an activating group) is 2. The van der Waals surface area contributed by atoms with Crippen LogP contribution in [0.1, 0.15) is 13.8 Å². The molecule has 5 rings (SSSR count). The SMILES string of the molecule is C=C1C(=C)/C(=C\C(=C)N(C)c2cccc3ccccc23)C(C)(C)/C1=C/C(=C)N(C)c1cccc2ccccc12. The van der Waals surface area contributed by atoms with E-state index in [1.54, 1.807) is 0 Å². The maximum Gasteiger partial charge on any atom is 0.0487 e. The third-order valence-corrected chi connectivity index (χ3v) is 8.10. The van der Waals surface area contributed by atoms with Gasteiger partial charge >= 0.3 is 0 Å². The average Bonchev–Trinajstić information content (AvgIpc) is 3.10. The normalized spacial score (nSPS) is 16.8. The summed E-state index contributed by atoms with van der Waals surface area (Å²) in [5, 5.41) is 4.81. The predicted molar refractivity (Wildman–Crippen MR) is 171 cm³/mol. The molecule has 2 heteroatoms. The molecule has 0 amide bonds. The van der Waals surface area contributed by atoms with E-state index < -0.39 is 0 Å². The van der Waals surface area contributed by atoms with Crippen LogP contribution in [-0.2, 0) is 0 Å². The summed E-state index contributed by atoms with van der Waals surface area (Å²) >= 11 is 0. The maximum absolute atomic E-state index is 4.44. The standard InChI is InChI=1S/C37H36N2/c1-25(38(7)35-21-13-17-29-15-9-11-19-31(29)35)23-33-27(3)28(4)34(37(33,5)6)24-26(2)39(8)36-22-14-18-30-16-10-12-20-32(30)36/h9-24H,1-4H2,5-8H3/b33-23+,34-24+. The van der Waals surface area contributed by atoms with Crippen LogP contribution in [0.15, 0.2) is 157 Å². The summed E-state index contributed by atoms with van der Waals surface area (Å²) in [6.07, 6.45) is 4.32. The number of anilines is 2. The number of rotatable bonds is 6. The Morgan fingerprint density at radius 2 is 0.949 bits per heavy atom. The summed E-state index contributed by atoms with van der Waals surface area (Å²) in [5.74, 6) is 0. The van der Waals surface area contributed by atoms with Crippen molar-refractivity contribution in [2.24, 2.45) is 5.41 Å². The van der Waals surface area contributed by atoms with Crippen LogP contribution in [0.3, 0.4) is 0 Å². The lowest BCUT2D eigenvalue weighted by atomic mass is 9.81. The summed E-state index contributed by atoms with van der Waals surface area (Å²) in [6.45, 7) is 22.2. The zero-order chi connectivity index (χ0) is 27.9. The Morgan fingerprint density at radius 3 is 1.36 bits per heavy atom. The van der Waals surface area contributed by atoms with E-state index in [0.717, 1.165) is 45.1 Å². The van der Waals surface area contributed by atoms with E-state index in [4.69, 9.17) is 0 Å². The highest BCUT2D eigenvalue weighted by Crippen LogP contribution is 2.52. The van der Waals surface area contributed by atoms with Crippen LogP contribution in [0, 0.1) is 5.41 Å². The van der Waals surface area contributed by atoms with Gasteiger partial charge in [-0.25, -0.2) is 0 Å². The summed E-state index contributed by atoms with van der Waals surface area (Å²) in [5.41, 5.74) is 7.87. The Bertz CT molecular complexity index is 1590. The topological polar surface area (TPSA) is 6.48 Å². The van der Waals surface area contributed by atoms with Gasteiger partial charge < -0.3 is 9.80 Å². The quantitative estimate of drug-likeness (QED) is 0.256. The van der Waals surface area contributed by atoms with Crippen LogP contribution in [0.25, 0.3) is 21.5 Å². The van der Waals surface area contributed by atoms with Crippen molar-refractivity contribution in [3.05, 3.63) is 157 Å². The third-order valence-electron chi connectivity index (χ3n) is 8.10. The molecule has 1 fully saturated rings. The molecule has 39 heavy (non-hydrogen) atoms. The molecule has 1 aliphatic rings. The summed E-state index contributed by atoms with van der Waals surface area (Å²) in [6, 6.07) is 29.6. The number of hydrogen-bond donors (Lipinski definition) is 0. The van der Waals surface area contributed by atoms with Gasteiger partial charge in [0.05, 0.1) is 0 Å². The second-order valence-electron chi connectivity index (χ2n) is 10.8. The smallest absolute Gasteiger partial charge is 0.0487 e. The summed E-state index contributed by atoms with van der Waals surface area (Å²) < 4.78 is 0. The van der Waals surface area contributed by atoms with Crippen LogP contribution in [0.2, 0.25) is 0 Å². The molecule has 194 valence electrons. The number of hydrogen-bond acceptors (Lipinski definition) is 2. The third kappa shape index (κ3) is 4.53. The molecule has 0 aromatic heterocycles. The van der Waals surface area contributed by atoms with Gasteiger partial charge in [-0.15, -0.1) is 0 Å². The van der Waals surface area contributed by atoms with Crippen LogP contribution >= 0.6 is 0 Å².